The Balaban J connectivity index is 3.28. The number of carbonyl (C=O) groups is 1. The summed E-state index contributed by atoms with van der Waals surface area (Å²) in [5.41, 5.74) is 0. The summed E-state index contributed by atoms with van der Waals surface area (Å²) in [5.74, 6) is -0.367. The van der Waals surface area contributed by atoms with E-state index < -0.39 is 18.8 Å². The largest absolute Gasteiger partial charge is 0.394 e. The monoisotopic (exact) mass is 316 g/mol. The molecule has 0 aliphatic carbocycles. The lowest BCUT2D eigenvalue weighted by atomic mass is 10.0. The molecule has 0 amide bonds. The number of hydrogen-bond donors (Lipinski definition) is 3. The van der Waals surface area contributed by atoms with Crippen molar-refractivity contribution in [3.8, 4) is 0 Å². The molecule has 3 N–H and O–H groups in total. The molecular formula is C18H36O4. The van der Waals surface area contributed by atoms with Gasteiger partial charge in [-0.05, 0) is 6.42 Å². The van der Waals surface area contributed by atoms with Gasteiger partial charge in [0.05, 0.1) is 6.61 Å². The molecule has 0 saturated heterocycles. The van der Waals surface area contributed by atoms with Gasteiger partial charge >= 0.3 is 0 Å². The lowest BCUT2D eigenvalue weighted by Gasteiger charge is -2.13. The zero-order valence-corrected chi connectivity index (χ0v) is 14.3. The third-order valence-electron chi connectivity index (χ3n) is 4.16. The number of ketones is 1. The molecule has 0 heterocycles. The Morgan fingerprint density at radius 3 is 1.59 bits per heavy atom. The maximum atomic E-state index is 11.5. The van der Waals surface area contributed by atoms with Gasteiger partial charge in [-0.3, -0.25) is 4.79 Å². The summed E-state index contributed by atoms with van der Waals surface area (Å²) in [7, 11) is 0. The fourth-order valence-electron chi connectivity index (χ4n) is 2.60. The van der Waals surface area contributed by atoms with Crippen LogP contribution in [0.5, 0.6) is 0 Å². The number of rotatable bonds is 16. The highest BCUT2D eigenvalue weighted by atomic mass is 16.4. The van der Waals surface area contributed by atoms with Crippen LogP contribution in [-0.4, -0.2) is 39.9 Å². The number of aliphatic hydroxyl groups is 3. The maximum absolute atomic E-state index is 11.5. The first-order valence-corrected chi connectivity index (χ1v) is 9.13. The average Bonchev–Trinajstić information content (AvgIpc) is 2.54. The number of Topliss-reactive ketones (excluding diaryl/α,β-unsaturated/α-hetero) is 1. The van der Waals surface area contributed by atoms with Gasteiger partial charge < -0.3 is 15.3 Å². The molecule has 0 aromatic carbocycles. The van der Waals surface area contributed by atoms with Gasteiger partial charge in [0.15, 0.2) is 5.78 Å². The smallest absolute Gasteiger partial charge is 0.164 e. The zero-order valence-electron chi connectivity index (χ0n) is 14.3. The highest BCUT2D eigenvalue weighted by Crippen LogP contribution is 2.13. The van der Waals surface area contributed by atoms with Crippen molar-refractivity contribution >= 4 is 5.78 Å². The van der Waals surface area contributed by atoms with Gasteiger partial charge in [0.2, 0.25) is 0 Å². The van der Waals surface area contributed by atoms with Crippen LogP contribution in [0.4, 0.5) is 0 Å². The molecule has 0 fully saturated rings. The predicted octanol–water partition coefficient (Wildman–Crippen LogP) is 3.36. The molecule has 2 atom stereocenters. The molecule has 0 saturated carbocycles. The molecule has 0 aromatic heterocycles. The first kappa shape index (κ1) is 21.6. The quantitative estimate of drug-likeness (QED) is 0.382. The molecule has 0 aliphatic heterocycles. The van der Waals surface area contributed by atoms with E-state index in [0.29, 0.717) is 0 Å². The third kappa shape index (κ3) is 12.1. The molecule has 132 valence electrons. The van der Waals surface area contributed by atoms with Crippen molar-refractivity contribution in [1.82, 2.24) is 0 Å². The van der Waals surface area contributed by atoms with E-state index in [9.17, 15) is 9.90 Å². The molecule has 4 nitrogen and oxygen atoms in total. The standard InChI is InChI=1S/C18H36O4/c1-2-3-4-5-6-7-8-9-10-11-12-13-14-16(20)18(22)17(21)15-19/h17-19,21-22H,2-15H2,1H3. The zero-order chi connectivity index (χ0) is 16.6. The molecule has 0 aromatic rings. The highest BCUT2D eigenvalue weighted by Gasteiger charge is 2.22. The van der Waals surface area contributed by atoms with Gasteiger partial charge in [0, 0.05) is 6.42 Å². The van der Waals surface area contributed by atoms with Gasteiger partial charge in [0.1, 0.15) is 12.2 Å². The topological polar surface area (TPSA) is 77.8 Å². The Hall–Kier alpha value is -0.450. The van der Waals surface area contributed by atoms with Crippen molar-refractivity contribution in [2.45, 2.75) is 103 Å². The minimum Gasteiger partial charge on any atom is -0.394 e. The number of aliphatic hydroxyl groups excluding tert-OH is 3. The van der Waals surface area contributed by atoms with Crippen molar-refractivity contribution in [2.75, 3.05) is 6.61 Å². The summed E-state index contributed by atoms with van der Waals surface area (Å²) in [4.78, 5) is 11.5. The second-order valence-corrected chi connectivity index (χ2v) is 6.30. The Bertz CT molecular complexity index is 255. The third-order valence-corrected chi connectivity index (χ3v) is 4.16. The summed E-state index contributed by atoms with van der Waals surface area (Å²) in [6, 6.07) is 0. The molecular weight excluding hydrogens is 280 g/mol. The second kappa shape index (κ2) is 15.4. The first-order valence-electron chi connectivity index (χ1n) is 9.13. The van der Waals surface area contributed by atoms with E-state index in [1.807, 2.05) is 0 Å². The SMILES string of the molecule is CCCCCCCCCCCCCCC(=O)C(O)C(O)CO. The van der Waals surface area contributed by atoms with Crippen LogP contribution in [-0.2, 0) is 4.79 Å². The number of carbonyl (C=O) groups excluding carboxylic acids is 1. The molecule has 2 unspecified atom stereocenters. The van der Waals surface area contributed by atoms with E-state index in [4.69, 9.17) is 10.2 Å². The van der Waals surface area contributed by atoms with Crippen LogP contribution in [0.1, 0.15) is 90.4 Å². The van der Waals surface area contributed by atoms with Crippen molar-refractivity contribution < 1.29 is 20.1 Å². The summed E-state index contributed by atoms with van der Waals surface area (Å²) in [5, 5.41) is 27.2. The summed E-state index contributed by atoms with van der Waals surface area (Å²) < 4.78 is 0. The van der Waals surface area contributed by atoms with E-state index in [1.54, 1.807) is 0 Å². The van der Waals surface area contributed by atoms with Crippen LogP contribution in [0.3, 0.4) is 0 Å². The Morgan fingerprint density at radius 1 is 0.773 bits per heavy atom. The summed E-state index contributed by atoms with van der Waals surface area (Å²) in [6.07, 6.45) is 12.3. The van der Waals surface area contributed by atoms with E-state index in [-0.39, 0.29) is 12.2 Å². The second-order valence-electron chi connectivity index (χ2n) is 6.30. The molecule has 0 rings (SSSR count). The lowest BCUT2D eigenvalue weighted by molar-refractivity contribution is -0.134. The van der Waals surface area contributed by atoms with Crippen LogP contribution in [0, 0.1) is 0 Å². The molecule has 0 radical (unpaired) electrons. The first-order chi connectivity index (χ1) is 10.6. The maximum Gasteiger partial charge on any atom is 0.164 e. The average molecular weight is 316 g/mol. The normalized spacial score (nSPS) is 14.0. The molecule has 22 heavy (non-hydrogen) atoms. The highest BCUT2D eigenvalue weighted by molar-refractivity contribution is 5.83. The van der Waals surface area contributed by atoms with Crippen LogP contribution < -0.4 is 0 Å². The van der Waals surface area contributed by atoms with Gasteiger partial charge in [0.25, 0.3) is 0 Å². The van der Waals surface area contributed by atoms with Crippen molar-refractivity contribution in [3.63, 3.8) is 0 Å². The summed E-state index contributed by atoms with van der Waals surface area (Å²) in [6.45, 7) is 1.66. The molecule has 0 spiro atoms. The van der Waals surface area contributed by atoms with E-state index in [1.165, 1.54) is 57.8 Å². The van der Waals surface area contributed by atoms with E-state index in [0.717, 1.165) is 19.3 Å². The van der Waals surface area contributed by atoms with Gasteiger partial charge in [-0.25, -0.2) is 0 Å². The van der Waals surface area contributed by atoms with Crippen molar-refractivity contribution in [2.24, 2.45) is 0 Å². The molecule has 0 aliphatic rings. The molecule has 4 heteroatoms. The fraction of sp³-hybridized carbons (Fsp3) is 0.944. The van der Waals surface area contributed by atoms with Crippen molar-refractivity contribution in [1.29, 1.82) is 0 Å². The lowest BCUT2D eigenvalue weighted by Crippen LogP contribution is -2.36. The van der Waals surface area contributed by atoms with Gasteiger partial charge in [-0.1, -0.05) is 77.6 Å². The van der Waals surface area contributed by atoms with Crippen LogP contribution in [0.2, 0.25) is 0 Å². The fourth-order valence-corrected chi connectivity index (χ4v) is 2.60. The number of unbranched alkanes of at least 4 members (excludes halogenated alkanes) is 11. The van der Waals surface area contributed by atoms with E-state index in [2.05, 4.69) is 6.92 Å². The molecule has 0 bridgehead atoms. The van der Waals surface area contributed by atoms with Crippen molar-refractivity contribution in [3.05, 3.63) is 0 Å². The predicted molar refractivity (Wildman–Crippen MR) is 89.8 cm³/mol. The van der Waals surface area contributed by atoms with Crippen LogP contribution in [0.25, 0.3) is 0 Å². The number of hydrogen-bond acceptors (Lipinski definition) is 4. The van der Waals surface area contributed by atoms with Crippen LogP contribution >= 0.6 is 0 Å². The Kier molecular flexibility index (Phi) is 15.1. The van der Waals surface area contributed by atoms with E-state index >= 15 is 0 Å². The van der Waals surface area contributed by atoms with Gasteiger partial charge in [-0.2, -0.15) is 0 Å². The minimum absolute atomic E-state index is 0.287. The van der Waals surface area contributed by atoms with Crippen LogP contribution in [0.15, 0.2) is 0 Å². The minimum atomic E-state index is -1.43. The van der Waals surface area contributed by atoms with Gasteiger partial charge in [-0.15, -0.1) is 0 Å². The summed E-state index contributed by atoms with van der Waals surface area (Å²) >= 11 is 0. The Morgan fingerprint density at radius 2 is 1.18 bits per heavy atom. The Labute approximate surface area is 135 Å².